The normalized spacial score (nSPS) is 28.0. The van der Waals surface area contributed by atoms with Gasteiger partial charge in [-0.1, -0.05) is 5.57 Å². The summed E-state index contributed by atoms with van der Waals surface area (Å²) in [5, 5.41) is 0. The molecule has 3 aliphatic rings. The number of ketones is 1. The van der Waals surface area contributed by atoms with Crippen LogP contribution in [0.5, 0.6) is 0 Å². The summed E-state index contributed by atoms with van der Waals surface area (Å²) in [5.74, 6) is -4.82. The summed E-state index contributed by atoms with van der Waals surface area (Å²) in [6.45, 7) is 20.6. The summed E-state index contributed by atoms with van der Waals surface area (Å²) in [6.07, 6.45) is -6.56. The Bertz CT molecular complexity index is 1380. The fraction of sp³-hybridized carbons (Fsp3) is 0.714. The first-order valence-electron chi connectivity index (χ1n) is 16.0. The molecular weight excluding hydrogens is 628 g/mol. The van der Waals surface area contributed by atoms with Crippen LogP contribution < -0.4 is 0 Å². The lowest BCUT2D eigenvalue weighted by atomic mass is 9.92. The Hall–Kier alpha value is -3.58. The highest BCUT2D eigenvalue weighted by Crippen LogP contribution is 2.40. The molecule has 0 N–H and O–H groups in total. The van der Waals surface area contributed by atoms with Gasteiger partial charge in [0.15, 0.2) is 24.1 Å². The second kappa shape index (κ2) is 13.7. The Kier molecular flexibility index (Phi) is 11.1. The topological polar surface area (TPSA) is 167 Å². The van der Waals surface area contributed by atoms with E-state index in [0.29, 0.717) is 5.57 Å². The fourth-order valence-electron chi connectivity index (χ4n) is 4.68. The van der Waals surface area contributed by atoms with E-state index in [2.05, 4.69) is 0 Å². The number of allylic oxidation sites excluding steroid dienone is 1. The van der Waals surface area contributed by atoms with E-state index in [0.717, 1.165) is 6.08 Å². The van der Waals surface area contributed by atoms with Gasteiger partial charge in [-0.15, -0.1) is 0 Å². The highest BCUT2D eigenvalue weighted by Gasteiger charge is 2.57. The van der Waals surface area contributed by atoms with Crippen LogP contribution in [-0.2, 0) is 61.9 Å². The van der Waals surface area contributed by atoms with Gasteiger partial charge in [-0.05, 0) is 96.1 Å². The van der Waals surface area contributed by atoms with E-state index in [1.54, 1.807) is 90.0 Å². The van der Waals surface area contributed by atoms with Crippen LogP contribution in [-0.4, -0.2) is 79.2 Å². The first-order chi connectivity index (χ1) is 21.7. The van der Waals surface area contributed by atoms with Gasteiger partial charge in [-0.3, -0.25) is 24.0 Å². The average molecular weight is 679 g/mol. The maximum absolute atomic E-state index is 13.5. The quantitative estimate of drug-likeness (QED) is 0.279. The van der Waals surface area contributed by atoms with Gasteiger partial charge < -0.3 is 33.2 Å². The maximum Gasteiger partial charge on any atom is 0.333 e. The molecule has 13 nitrogen and oxygen atoms in total. The number of carbonyl (C=O) groups is 6. The molecule has 268 valence electrons. The Morgan fingerprint density at radius 1 is 0.646 bits per heavy atom. The zero-order valence-electron chi connectivity index (χ0n) is 30.2. The van der Waals surface area contributed by atoms with Crippen molar-refractivity contribution in [2.24, 2.45) is 27.6 Å². The highest BCUT2D eigenvalue weighted by molar-refractivity contribution is 6.11. The first-order valence-corrected chi connectivity index (χ1v) is 16.0. The van der Waals surface area contributed by atoms with E-state index < -0.39 is 101 Å². The maximum atomic E-state index is 13.5. The van der Waals surface area contributed by atoms with Gasteiger partial charge in [-0.2, -0.15) is 0 Å². The number of cyclic esters (lactones) is 1. The van der Waals surface area contributed by atoms with Crippen molar-refractivity contribution in [1.29, 1.82) is 0 Å². The van der Waals surface area contributed by atoms with Crippen molar-refractivity contribution >= 4 is 35.6 Å². The molecule has 3 rings (SSSR count). The Balaban J connectivity index is 2.18. The van der Waals surface area contributed by atoms with E-state index in [9.17, 15) is 28.8 Å². The van der Waals surface area contributed by atoms with Crippen molar-refractivity contribution in [3.63, 3.8) is 0 Å². The van der Waals surface area contributed by atoms with E-state index >= 15 is 0 Å². The molecule has 0 amide bonds. The highest BCUT2D eigenvalue weighted by atomic mass is 16.8. The molecule has 48 heavy (non-hydrogen) atoms. The molecular formula is C35H50O13. The second-order valence-corrected chi connectivity index (χ2v) is 16.5. The molecule has 7 atom stereocenters. The zero-order valence-corrected chi connectivity index (χ0v) is 30.2. The molecule has 13 heteroatoms. The molecule has 0 spiro atoms. The summed E-state index contributed by atoms with van der Waals surface area (Å²) >= 11 is 0. The molecule has 0 unspecified atom stereocenters. The summed E-state index contributed by atoms with van der Waals surface area (Å²) in [5.41, 5.74) is -3.38. The first kappa shape index (κ1) is 38.9. The van der Waals surface area contributed by atoms with Crippen LogP contribution in [0.15, 0.2) is 23.3 Å². The minimum atomic E-state index is -1.64. The zero-order chi connectivity index (χ0) is 36.7. The third kappa shape index (κ3) is 9.10. The molecule has 0 saturated carbocycles. The number of hydrogen-bond donors (Lipinski definition) is 0. The number of rotatable bonds is 7. The lowest BCUT2D eigenvalue weighted by Gasteiger charge is -2.46. The van der Waals surface area contributed by atoms with Gasteiger partial charge in [0.05, 0.1) is 27.6 Å². The summed E-state index contributed by atoms with van der Waals surface area (Å²) in [7, 11) is 0. The van der Waals surface area contributed by atoms with Gasteiger partial charge in [0.25, 0.3) is 0 Å². The van der Waals surface area contributed by atoms with E-state index in [4.69, 9.17) is 33.2 Å². The molecule has 2 heterocycles. The van der Waals surface area contributed by atoms with Crippen molar-refractivity contribution in [3.8, 4) is 0 Å². The minimum Gasteiger partial charge on any atom is -0.462 e. The lowest BCUT2D eigenvalue weighted by molar-refractivity contribution is -0.341. The van der Waals surface area contributed by atoms with Crippen LogP contribution in [0, 0.1) is 27.6 Å². The molecule has 0 bridgehead atoms. The van der Waals surface area contributed by atoms with Crippen LogP contribution >= 0.6 is 0 Å². The van der Waals surface area contributed by atoms with Crippen LogP contribution in [0.2, 0.25) is 0 Å². The molecule has 1 saturated heterocycles. The minimum absolute atomic E-state index is 0.149. The van der Waals surface area contributed by atoms with Gasteiger partial charge in [0.2, 0.25) is 12.6 Å². The Morgan fingerprint density at radius 2 is 1.10 bits per heavy atom. The van der Waals surface area contributed by atoms with Gasteiger partial charge in [0, 0.05) is 11.6 Å². The predicted octanol–water partition coefficient (Wildman–Crippen LogP) is 4.15. The molecule has 0 aromatic carbocycles. The van der Waals surface area contributed by atoms with Gasteiger partial charge in [-0.25, -0.2) is 4.79 Å². The lowest BCUT2D eigenvalue weighted by Crippen LogP contribution is -2.65. The smallest absolute Gasteiger partial charge is 0.333 e. The summed E-state index contributed by atoms with van der Waals surface area (Å²) in [4.78, 5) is 78.3. The fourth-order valence-corrected chi connectivity index (χ4v) is 4.68. The van der Waals surface area contributed by atoms with E-state index in [1.807, 2.05) is 0 Å². The number of ether oxygens (including phenoxy) is 7. The Morgan fingerprint density at radius 3 is 1.58 bits per heavy atom. The van der Waals surface area contributed by atoms with E-state index in [1.165, 1.54) is 6.08 Å². The van der Waals surface area contributed by atoms with Crippen LogP contribution in [0.25, 0.3) is 0 Å². The molecule has 2 aliphatic heterocycles. The van der Waals surface area contributed by atoms with E-state index in [-0.39, 0.29) is 11.4 Å². The van der Waals surface area contributed by atoms with Crippen molar-refractivity contribution in [3.05, 3.63) is 23.3 Å². The summed E-state index contributed by atoms with van der Waals surface area (Å²) < 4.78 is 41.5. The van der Waals surface area contributed by atoms with Crippen LogP contribution in [0.4, 0.5) is 0 Å². The average Bonchev–Trinajstić information content (AvgIpc) is 3.20. The van der Waals surface area contributed by atoms with Gasteiger partial charge >= 0.3 is 29.8 Å². The van der Waals surface area contributed by atoms with Crippen molar-refractivity contribution in [2.45, 2.75) is 127 Å². The van der Waals surface area contributed by atoms with Crippen molar-refractivity contribution in [1.82, 2.24) is 0 Å². The molecule has 1 aliphatic carbocycles. The second-order valence-electron chi connectivity index (χ2n) is 16.5. The molecule has 0 aromatic heterocycles. The largest absolute Gasteiger partial charge is 0.462 e. The number of esters is 5. The third-order valence-corrected chi connectivity index (χ3v) is 7.66. The van der Waals surface area contributed by atoms with Crippen molar-refractivity contribution < 1.29 is 61.9 Å². The molecule has 0 radical (unpaired) electrons. The number of carbonyl (C=O) groups excluding carboxylic acids is 6. The Labute approximate surface area is 282 Å². The van der Waals surface area contributed by atoms with Crippen molar-refractivity contribution in [2.75, 3.05) is 6.61 Å². The molecule has 1 fully saturated rings. The van der Waals surface area contributed by atoms with Crippen LogP contribution in [0.1, 0.15) is 90.0 Å². The predicted molar refractivity (Wildman–Crippen MR) is 168 cm³/mol. The monoisotopic (exact) mass is 678 g/mol. The number of hydrogen-bond acceptors (Lipinski definition) is 13. The molecule has 0 aromatic rings. The van der Waals surface area contributed by atoms with Crippen LogP contribution in [0.3, 0.4) is 0 Å². The standard InChI is InChI=1S/C35H50O13/c1-17-14-19(36)18-15-21(37)44-26(22(17)18)48-27-25(47-31(41)35(11,12)13)24(46-30(40)34(8,9)10)23(45-29(39)33(5,6)7)20(43-27)16-42-28(38)32(2,3)4/h14-15,20,22-27H,16H2,1-13H3/t20-,22-,23-,24+,25-,26+,27+/m1/s1. The summed E-state index contributed by atoms with van der Waals surface area (Å²) in [6, 6.07) is 0. The third-order valence-electron chi connectivity index (χ3n) is 7.66. The SMILES string of the molecule is CC1=CC(=O)C2=CC(=O)O[C@@H](O[C@@H]3O[C@H](COC(=O)C(C)(C)C)[C@@H](OC(=O)C(C)(C)C)[C@H](OC(=O)C(C)(C)C)[C@H]3OC(=O)C(C)(C)C)[C@H]12. The van der Waals surface area contributed by atoms with Gasteiger partial charge in [0.1, 0.15) is 12.7 Å². The number of fused-ring (bicyclic) bond motifs is 1.